The SMILES string of the molecule is CNC(=O)c1cc2c(c(F)c1-c1c(Cl)c(F)cc3c1C[C@](c1ccccc1)([C@@H]1CCCN1)O3)[C@@H](O)[C@@H](C)C2. The highest BCUT2D eigenvalue weighted by atomic mass is 35.5. The van der Waals surface area contributed by atoms with Crippen LogP contribution in [0.3, 0.4) is 0 Å². The van der Waals surface area contributed by atoms with Gasteiger partial charge in [-0.15, -0.1) is 0 Å². The molecule has 1 fully saturated rings. The third-order valence-corrected chi connectivity index (χ3v) is 8.76. The molecule has 38 heavy (non-hydrogen) atoms. The number of hydrogen-bond acceptors (Lipinski definition) is 4. The van der Waals surface area contributed by atoms with Gasteiger partial charge in [0.25, 0.3) is 5.91 Å². The highest BCUT2D eigenvalue weighted by molar-refractivity contribution is 6.34. The molecule has 6 rings (SSSR count). The predicted octanol–water partition coefficient (Wildman–Crippen LogP) is 5.45. The van der Waals surface area contributed by atoms with Gasteiger partial charge in [-0.1, -0.05) is 48.9 Å². The molecule has 5 nitrogen and oxygen atoms in total. The highest BCUT2D eigenvalue weighted by Crippen LogP contribution is 2.53. The lowest BCUT2D eigenvalue weighted by molar-refractivity contribution is 0.0539. The Bertz CT molecular complexity index is 1440. The van der Waals surface area contributed by atoms with Crippen LogP contribution >= 0.6 is 11.6 Å². The number of benzene rings is 3. The molecule has 0 spiro atoms. The standard InChI is InChI=1S/C30H29ClF2N2O3/c1-15-11-16-12-18(29(37)34-2)25(27(33)23(16)28(15)36)24-19-14-30(22-9-6-10-35-22,17-7-4-3-5-8-17)38-21(19)13-20(32)26(24)31/h3-5,7-8,12-13,15,22,28,35-36H,6,9-11,14H2,1-2H3,(H,34,37)/t15-,22-,28-,30-/m0/s1. The largest absolute Gasteiger partial charge is 0.480 e. The predicted molar refractivity (Wildman–Crippen MR) is 141 cm³/mol. The maximum Gasteiger partial charge on any atom is 0.251 e. The zero-order valence-electron chi connectivity index (χ0n) is 21.2. The molecule has 1 aliphatic carbocycles. The minimum absolute atomic E-state index is 0.0518. The van der Waals surface area contributed by atoms with Crippen LogP contribution in [0.4, 0.5) is 8.78 Å². The fourth-order valence-electron chi connectivity index (χ4n) is 6.53. The summed E-state index contributed by atoms with van der Waals surface area (Å²) >= 11 is 6.61. The van der Waals surface area contributed by atoms with E-state index in [1.54, 1.807) is 6.07 Å². The Hall–Kier alpha value is -3.00. The van der Waals surface area contributed by atoms with Crippen LogP contribution in [-0.2, 0) is 18.4 Å². The fraction of sp³-hybridized carbons (Fsp3) is 0.367. The lowest BCUT2D eigenvalue weighted by atomic mass is 9.80. The monoisotopic (exact) mass is 538 g/mol. The van der Waals surface area contributed by atoms with Gasteiger partial charge in [-0.05, 0) is 48.9 Å². The van der Waals surface area contributed by atoms with Crippen molar-refractivity contribution >= 4 is 17.5 Å². The normalized spacial score (nSPS) is 25.7. The molecule has 0 unspecified atom stereocenters. The molecule has 1 saturated heterocycles. The average Bonchev–Trinajstić information content (AvgIpc) is 3.65. The summed E-state index contributed by atoms with van der Waals surface area (Å²) < 4.78 is 38.5. The van der Waals surface area contributed by atoms with Gasteiger partial charge < -0.3 is 20.5 Å². The second-order valence-corrected chi connectivity index (χ2v) is 11.0. The van der Waals surface area contributed by atoms with Gasteiger partial charge >= 0.3 is 0 Å². The molecule has 1 amide bonds. The van der Waals surface area contributed by atoms with Crippen LogP contribution < -0.4 is 15.4 Å². The number of hydrogen-bond donors (Lipinski definition) is 3. The van der Waals surface area contributed by atoms with Crippen molar-refractivity contribution in [3.63, 3.8) is 0 Å². The van der Waals surface area contributed by atoms with Crippen LogP contribution in [0.1, 0.15) is 58.5 Å². The minimum Gasteiger partial charge on any atom is -0.480 e. The first kappa shape index (κ1) is 25.3. The van der Waals surface area contributed by atoms with Gasteiger partial charge in [0.1, 0.15) is 17.4 Å². The lowest BCUT2D eigenvalue weighted by Crippen LogP contribution is -2.48. The van der Waals surface area contributed by atoms with Crippen LogP contribution in [-0.4, -0.2) is 30.6 Å². The summed E-state index contributed by atoms with van der Waals surface area (Å²) in [5.41, 5.74) is 1.35. The number of halogens is 3. The number of aliphatic hydroxyl groups is 1. The van der Waals surface area contributed by atoms with Gasteiger partial charge in [-0.2, -0.15) is 0 Å². The molecule has 0 bridgehead atoms. The molecule has 0 aromatic heterocycles. The number of nitrogens with one attached hydrogen (secondary N) is 2. The smallest absolute Gasteiger partial charge is 0.251 e. The topological polar surface area (TPSA) is 70.6 Å². The van der Waals surface area contributed by atoms with E-state index in [-0.39, 0.29) is 45.0 Å². The van der Waals surface area contributed by atoms with Gasteiger partial charge in [0.05, 0.1) is 22.7 Å². The van der Waals surface area contributed by atoms with Crippen molar-refractivity contribution in [2.45, 2.75) is 50.4 Å². The van der Waals surface area contributed by atoms with Crippen molar-refractivity contribution in [2.75, 3.05) is 13.6 Å². The Morgan fingerprint density at radius 2 is 1.97 bits per heavy atom. The average molecular weight is 539 g/mol. The van der Waals surface area contributed by atoms with Crippen molar-refractivity contribution in [3.05, 3.63) is 86.9 Å². The Morgan fingerprint density at radius 1 is 1.21 bits per heavy atom. The van der Waals surface area contributed by atoms with E-state index in [1.807, 2.05) is 37.3 Å². The Kier molecular flexibility index (Phi) is 6.21. The maximum atomic E-state index is 16.5. The van der Waals surface area contributed by atoms with Gasteiger partial charge in [0, 0.05) is 41.8 Å². The van der Waals surface area contributed by atoms with Crippen LogP contribution in [0.25, 0.3) is 11.1 Å². The van der Waals surface area contributed by atoms with Crippen molar-refractivity contribution in [1.82, 2.24) is 10.6 Å². The highest BCUT2D eigenvalue weighted by Gasteiger charge is 2.50. The molecule has 3 aliphatic rings. The number of rotatable bonds is 4. The first-order valence-corrected chi connectivity index (χ1v) is 13.4. The molecule has 4 atom stereocenters. The van der Waals surface area contributed by atoms with Crippen molar-refractivity contribution in [2.24, 2.45) is 5.92 Å². The van der Waals surface area contributed by atoms with Crippen molar-refractivity contribution in [3.8, 4) is 16.9 Å². The quantitative estimate of drug-likeness (QED) is 0.413. The first-order valence-electron chi connectivity index (χ1n) is 13.0. The third kappa shape index (κ3) is 3.67. The molecule has 8 heteroatoms. The van der Waals surface area contributed by atoms with E-state index in [9.17, 15) is 9.90 Å². The summed E-state index contributed by atoms with van der Waals surface area (Å²) in [5.74, 6) is -1.97. The molecule has 0 radical (unpaired) electrons. The van der Waals surface area contributed by atoms with E-state index in [0.717, 1.165) is 24.9 Å². The van der Waals surface area contributed by atoms with Crippen LogP contribution in [0.15, 0.2) is 42.5 Å². The Labute approximate surface area is 225 Å². The van der Waals surface area contributed by atoms with E-state index in [1.165, 1.54) is 13.1 Å². The molecule has 2 aliphatic heterocycles. The van der Waals surface area contributed by atoms with E-state index < -0.39 is 29.2 Å². The number of carbonyl (C=O) groups excluding carboxylic acids is 1. The van der Waals surface area contributed by atoms with E-state index in [0.29, 0.717) is 24.0 Å². The summed E-state index contributed by atoms with van der Waals surface area (Å²) in [6, 6.07) is 12.5. The Morgan fingerprint density at radius 3 is 2.66 bits per heavy atom. The first-order chi connectivity index (χ1) is 18.3. The zero-order chi connectivity index (χ0) is 26.8. The summed E-state index contributed by atoms with van der Waals surface area (Å²) in [4.78, 5) is 13.1. The summed E-state index contributed by atoms with van der Waals surface area (Å²) in [6.07, 6.45) is 1.53. The van der Waals surface area contributed by atoms with Crippen LogP contribution in [0.2, 0.25) is 5.02 Å². The molecule has 3 aromatic carbocycles. The fourth-order valence-corrected chi connectivity index (χ4v) is 6.79. The zero-order valence-corrected chi connectivity index (χ0v) is 22.0. The van der Waals surface area contributed by atoms with Crippen molar-refractivity contribution in [1.29, 1.82) is 0 Å². The molecule has 198 valence electrons. The number of carbonyl (C=O) groups is 1. The van der Waals surface area contributed by atoms with Crippen molar-refractivity contribution < 1.29 is 23.4 Å². The number of ether oxygens (including phenoxy) is 1. The van der Waals surface area contributed by atoms with Gasteiger partial charge in [0.15, 0.2) is 5.60 Å². The number of amides is 1. The third-order valence-electron chi connectivity index (χ3n) is 8.39. The van der Waals surface area contributed by atoms with Gasteiger partial charge in [-0.3, -0.25) is 4.79 Å². The minimum atomic E-state index is -1.04. The van der Waals surface area contributed by atoms with E-state index in [4.69, 9.17) is 16.3 Å². The summed E-state index contributed by atoms with van der Waals surface area (Å²) in [7, 11) is 1.46. The second-order valence-electron chi connectivity index (χ2n) is 10.6. The number of fused-ring (bicyclic) bond motifs is 2. The molecule has 3 aromatic rings. The molecule has 2 heterocycles. The lowest BCUT2D eigenvalue weighted by Gasteiger charge is -2.35. The molecule has 3 N–H and O–H groups in total. The second kappa shape index (κ2) is 9.33. The molecular formula is C30H29ClF2N2O3. The molecular weight excluding hydrogens is 510 g/mol. The summed E-state index contributed by atoms with van der Waals surface area (Å²) in [6.45, 7) is 2.66. The van der Waals surface area contributed by atoms with Crippen LogP contribution in [0, 0.1) is 17.6 Å². The van der Waals surface area contributed by atoms with Gasteiger partial charge in [-0.25, -0.2) is 8.78 Å². The maximum absolute atomic E-state index is 16.5. The van der Waals surface area contributed by atoms with Gasteiger partial charge in [0.2, 0.25) is 0 Å². The Balaban J connectivity index is 1.61. The van der Waals surface area contributed by atoms with E-state index >= 15 is 8.78 Å². The summed E-state index contributed by atoms with van der Waals surface area (Å²) in [5, 5.41) is 16.6. The van der Waals surface area contributed by atoms with E-state index in [2.05, 4.69) is 10.6 Å². The van der Waals surface area contributed by atoms with Crippen LogP contribution in [0.5, 0.6) is 5.75 Å². The molecule has 0 saturated carbocycles. The number of aliphatic hydroxyl groups excluding tert-OH is 1.